The number of rotatable bonds is 59. The van der Waals surface area contributed by atoms with Gasteiger partial charge in [0.2, 0.25) is 0 Å². The average molecular weight is 15400 g/mol. The fourth-order valence-electron chi connectivity index (χ4n) is 1.77. The Morgan fingerprint density at radius 2 is 0.124 bits per heavy atom. The van der Waals surface area contributed by atoms with Crippen LogP contribution in [-0.2, 0) is 0 Å². The van der Waals surface area contributed by atoms with E-state index in [0.29, 0.717) is 13.3 Å². The molecule has 0 saturated heterocycles. The molecule has 0 aromatic carbocycles. The molecule has 0 aromatic rings. The Hall–Kier alpha value is 88.3. The second-order valence-corrected chi connectivity index (χ2v) is 2900. The van der Waals surface area contributed by atoms with Crippen LogP contribution in [0.5, 0.6) is 0 Å². The van der Waals surface area contributed by atoms with Gasteiger partial charge in [-0.05, 0) is 0 Å². The van der Waals surface area contributed by atoms with E-state index in [9.17, 15) is 0 Å². The summed E-state index contributed by atoms with van der Waals surface area (Å²) in [7, 11) is -37.1. The summed E-state index contributed by atoms with van der Waals surface area (Å²) in [5, 5.41) is 0. The summed E-state index contributed by atoms with van der Waals surface area (Å²) >= 11 is 209. The van der Waals surface area contributed by atoms with Gasteiger partial charge in [-0.1, -0.05) is 0 Å². The molecule has 0 rings (SSSR count). The van der Waals surface area contributed by atoms with Crippen LogP contribution in [0, 0.1) is 0 Å². The molecule has 0 unspecified atom stereocenters. The fraction of sp³-hybridized carbons (Fsp3) is 0. The van der Waals surface area contributed by atoms with Gasteiger partial charge in [0.25, 0.3) is 0 Å². The van der Waals surface area contributed by atoms with E-state index >= 15 is 0 Å². The molecule has 121 heavy (non-hydrogen) atoms. The summed E-state index contributed by atoms with van der Waals surface area (Å²) in [6.45, 7) is 0. The topological polar surface area (TPSA) is 0 Å². The Morgan fingerprint density at radius 3 is 0.174 bits per heavy atom. The third kappa shape index (κ3) is 85.4. The van der Waals surface area contributed by atoms with Gasteiger partial charge >= 0.3 is 1610 Å². The Balaban J connectivity index is 5.96. The summed E-state index contributed by atoms with van der Waals surface area (Å²) in [5.41, 5.74) is 0. The van der Waals surface area contributed by atoms with Crippen molar-refractivity contribution in [2.45, 2.75) is 0 Å². The standard InChI is InChI=1S/I121/c1-62-64(4)66(6)68(8)70(10)72(12)74(14)76(16)78(18)80(20)82(22)84(24)86(26)88(28)90(30)92(32)94(34)96(36)98(38)100(40)102(42)104(44)106(46)108(48)110(50)112(52)114(54)116(56)118(58)120(60)121(61)119(59)117(57)115(55)113(53)111(51)109(49)107(47)105(45)103(43)101(41)99(39)97(37)95(35)93(33)91(31)89(29)87(27)85(25)83(23)81(21)79(19)77(17)75(15)73(13)71(11)69(9)67(7)65(5)63(2)3/q-1. The van der Waals surface area contributed by atoms with Gasteiger partial charge in [-0.3, -0.25) is 0 Å². The number of hydrogen-bond acceptors (Lipinski definition) is 0. The zero-order valence-electron chi connectivity index (χ0n) is 45.7. The van der Waals surface area contributed by atoms with Crippen LogP contribution in [0.25, 0.3) is 0 Å². The molecule has 0 aromatic heterocycles. The molecular formula is I121-. The molecule has 0 spiro atoms. The van der Waals surface area contributed by atoms with E-state index in [1.54, 1.807) is 0 Å². The van der Waals surface area contributed by atoms with Crippen LogP contribution in [0.3, 0.4) is 0 Å². The third-order valence-electron chi connectivity index (χ3n) is 4.78. The Bertz CT molecular complexity index is 2540. The van der Waals surface area contributed by atoms with Gasteiger partial charge < -0.3 is 0 Å². The first kappa shape index (κ1) is 209. The molecule has 0 radical (unpaired) electrons. The van der Waals surface area contributed by atoms with Crippen LogP contribution in [0.2, 0.25) is 0 Å². The van der Waals surface area contributed by atoms with Crippen LogP contribution in [0.1, 0.15) is 0 Å². The summed E-state index contributed by atoms with van der Waals surface area (Å²) in [6, 6.07) is 0. The van der Waals surface area contributed by atoms with Crippen molar-refractivity contribution in [1.82, 2.24) is 0 Å². The Kier molecular flexibility index (Phi) is 218. The van der Waals surface area contributed by atoms with Crippen molar-refractivity contribution >= 4 is 1600 Å². The molecule has 0 heterocycles. The summed E-state index contributed by atoms with van der Waals surface area (Å²) < 4.78 is 0. The van der Waals surface area contributed by atoms with Gasteiger partial charge in [-0.2, -0.15) is 0 Å². The van der Waals surface area contributed by atoms with Crippen LogP contribution in [0.15, 0.2) is 0 Å². The van der Waals surface area contributed by atoms with E-state index < -0.39 is 466 Å². The summed E-state index contributed by atoms with van der Waals surface area (Å²) in [4.78, 5) is 0. The van der Waals surface area contributed by atoms with Crippen molar-refractivity contribution in [3.63, 3.8) is 0 Å². The van der Waals surface area contributed by atoms with Gasteiger partial charge in [0.1, 0.15) is 0 Å². The molecule has 0 aliphatic heterocycles. The zero-order chi connectivity index (χ0) is 95.8. The van der Waals surface area contributed by atoms with Gasteiger partial charge in [-0.15, -0.1) is 0 Å². The Morgan fingerprint density at radius 1 is 0.0744 bits per heavy atom. The van der Waals surface area contributed by atoms with Gasteiger partial charge in [0.05, 0.1) is 0 Å². The maximum absolute atomic E-state index is 3.50. The summed E-state index contributed by atoms with van der Waals surface area (Å²) in [6.07, 6.45) is 0. The van der Waals surface area contributed by atoms with Crippen LogP contribution < -0.4 is 13.3 Å². The Labute approximate surface area is 1520 Å². The first-order chi connectivity index (χ1) is 55.1. The maximum atomic E-state index is 3.50. The van der Waals surface area contributed by atoms with E-state index in [1.165, 1.54) is 0 Å². The predicted molar refractivity (Wildman–Crippen MR) is 1680 cm³/mol. The molecule has 0 aliphatic rings. The normalized spacial score (nSPS) is 19.2. The molecule has 0 aliphatic carbocycles. The van der Waals surface area contributed by atoms with Crippen molar-refractivity contribution in [3.05, 3.63) is 0 Å². The van der Waals surface area contributed by atoms with E-state index in [1.807, 2.05) is 0 Å². The van der Waals surface area contributed by atoms with Crippen molar-refractivity contribution in [2.24, 2.45) is 0 Å². The molecule has 0 saturated carbocycles. The van der Waals surface area contributed by atoms with Gasteiger partial charge in [0, 0.05) is 0 Å². The molecule has 848 valence electrons. The molecule has 0 fully saturated rings. The molecule has 0 nitrogen and oxygen atoms in total. The predicted octanol–water partition coefficient (Wildman–Crippen LogP) is 103. The first-order valence-corrected chi connectivity index (χ1v) is 771. The fourth-order valence-corrected chi connectivity index (χ4v) is 24100. The quantitative estimate of drug-likeness (QED) is 0.0533. The molecular weight excluding hydrogens is 15400 g/mol. The van der Waals surface area contributed by atoms with Crippen molar-refractivity contribution < 1.29 is 13.3 Å². The monoisotopic (exact) mass is 15400 g/mol. The van der Waals surface area contributed by atoms with Crippen molar-refractivity contribution in [1.29, 1.82) is 0 Å². The molecule has 121 heteroatoms. The van der Waals surface area contributed by atoms with Crippen molar-refractivity contribution in [2.75, 3.05) is 0 Å². The molecule has 0 atom stereocenters. The van der Waals surface area contributed by atoms with E-state index in [2.05, 4.69) is 1140 Å². The van der Waals surface area contributed by atoms with Crippen LogP contribution in [0.4, 0.5) is 0 Å². The molecule has 0 bridgehead atoms. The number of hydrogen-bond donors (Lipinski definition) is 0. The van der Waals surface area contributed by atoms with Gasteiger partial charge in [-0.25, -0.2) is 0 Å². The average Bonchev–Trinajstić information content (AvgIpc) is 0.809. The summed E-state index contributed by atoms with van der Waals surface area (Å²) in [5.74, 6) is 0. The third-order valence-corrected chi connectivity index (χ3v) is 9670. The zero-order valence-corrected chi connectivity index (χ0v) is 307. The van der Waals surface area contributed by atoms with E-state index in [4.69, 9.17) is 0 Å². The van der Waals surface area contributed by atoms with E-state index in [0.717, 1.165) is 0 Å². The molecule has 0 amide bonds. The minimum absolute atomic E-state index is 0.427. The van der Waals surface area contributed by atoms with E-state index in [-0.39, 0.29) is 0 Å². The van der Waals surface area contributed by atoms with Crippen molar-refractivity contribution in [3.8, 4) is 0 Å². The second-order valence-electron chi connectivity index (χ2n) is 9.61. The molecule has 0 N–H and O–H groups in total. The second kappa shape index (κ2) is 126. The SMILES string of the molecule is I[I-]I(I)I(I)I(I)I(I)I(I)I(I)I(I)I(I)I(I)I(I)I(I)I(I)I(I)I(I)I(I)I(I)I(I)I(I)I(I)I(I)I(I)I(I)I(I)I(I)I(I)I(I)I(I)I(I)I(I)I(I)I(I)I(I)I(I)I(I)I(I)I(I)I(I)I(I)I(I)I(I)I(I)I(I)I(I)I(I)I(I)I(I)I(I)I(I)I(I)I(I)I(I)I(I)I(I)I(I)I(I)I(I)I(I)I(I)I(I)I. The minimum atomic E-state index is -0.677. The van der Waals surface area contributed by atoms with Crippen LogP contribution in [-0.4, -0.2) is 0 Å². The van der Waals surface area contributed by atoms with Gasteiger partial charge in [0.15, 0.2) is 0 Å². The number of halogens is 121. The van der Waals surface area contributed by atoms with Crippen LogP contribution >= 0.6 is 1600 Å². The first-order valence-electron chi connectivity index (χ1n) is 17.1.